The topological polar surface area (TPSA) is 88.4 Å². The van der Waals surface area contributed by atoms with Gasteiger partial charge in [0, 0.05) is 30.8 Å². The minimum absolute atomic E-state index is 0.0170. The molecule has 0 aliphatic rings. The summed E-state index contributed by atoms with van der Waals surface area (Å²) in [4.78, 5) is 36.7. The molecule has 6 nitrogen and oxygen atoms in total. The van der Waals surface area contributed by atoms with Crippen LogP contribution in [-0.2, 0) is 4.79 Å². The molecule has 28 heavy (non-hydrogen) atoms. The van der Waals surface area contributed by atoms with Crippen molar-refractivity contribution < 1.29 is 18.8 Å². The second kappa shape index (κ2) is 9.32. The predicted molar refractivity (Wildman–Crippen MR) is 109 cm³/mol. The van der Waals surface area contributed by atoms with Crippen LogP contribution in [0.3, 0.4) is 0 Å². The highest BCUT2D eigenvalue weighted by atomic mass is 32.1. The molecule has 7 heteroatoms. The highest BCUT2D eigenvalue weighted by Gasteiger charge is 2.15. The highest BCUT2D eigenvalue weighted by Crippen LogP contribution is 2.18. The fourth-order valence-electron chi connectivity index (χ4n) is 2.76. The summed E-state index contributed by atoms with van der Waals surface area (Å²) in [5, 5.41) is 8.37. The van der Waals surface area contributed by atoms with Gasteiger partial charge in [-0.25, -0.2) is 0 Å². The number of hydrogen-bond donors (Lipinski definition) is 2. The summed E-state index contributed by atoms with van der Waals surface area (Å²) in [6.45, 7) is 2.29. The van der Waals surface area contributed by atoms with Crippen molar-refractivity contribution in [2.75, 3.05) is 6.54 Å². The molecule has 2 aromatic heterocycles. The Kier molecular flexibility index (Phi) is 6.60. The van der Waals surface area contributed by atoms with Crippen LogP contribution in [0, 0.1) is 0 Å². The zero-order valence-electron chi connectivity index (χ0n) is 15.6. The van der Waals surface area contributed by atoms with Crippen LogP contribution >= 0.6 is 11.3 Å². The van der Waals surface area contributed by atoms with Crippen LogP contribution in [0.1, 0.15) is 46.4 Å². The van der Waals surface area contributed by atoms with Crippen molar-refractivity contribution in [2.24, 2.45) is 0 Å². The summed E-state index contributed by atoms with van der Waals surface area (Å²) in [6, 6.07) is 12.6. The van der Waals surface area contributed by atoms with Gasteiger partial charge in [0.25, 0.3) is 5.91 Å². The molecule has 1 atom stereocenters. The smallest absolute Gasteiger partial charge is 0.287 e. The molecule has 0 saturated carbocycles. The number of amides is 2. The fraction of sp³-hybridized carbons (Fsp3) is 0.286. The molecule has 0 aliphatic carbocycles. The molecular weight excluding hydrogens is 376 g/mol. The molecule has 0 radical (unpaired) electrons. The van der Waals surface area contributed by atoms with Gasteiger partial charge in [-0.15, -0.1) is 11.3 Å². The average Bonchev–Trinajstić information content (AvgIpc) is 3.35. The predicted octanol–water partition coefficient (Wildman–Crippen LogP) is 3.78. The third kappa shape index (κ3) is 5.29. The largest absolute Gasteiger partial charge is 0.451 e. The number of hydrogen-bond acceptors (Lipinski definition) is 5. The number of para-hydroxylation sites is 1. The highest BCUT2D eigenvalue weighted by molar-refractivity contribution is 7.12. The minimum Gasteiger partial charge on any atom is -0.451 e. The van der Waals surface area contributed by atoms with Crippen molar-refractivity contribution in [3.63, 3.8) is 0 Å². The van der Waals surface area contributed by atoms with Crippen LogP contribution in [0.4, 0.5) is 0 Å². The number of rotatable bonds is 9. The van der Waals surface area contributed by atoms with Crippen LogP contribution in [0.15, 0.2) is 52.3 Å². The van der Waals surface area contributed by atoms with Crippen LogP contribution in [0.25, 0.3) is 11.0 Å². The van der Waals surface area contributed by atoms with E-state index in [1.807, 2.05) is 42.6 Å². The van der Waals surface area contributed by atoms with E-state index in [4.69, 9.17) is 4.42 Å². The first-order valence-corrected chi connectivity index (χ1v) is 10.0. The Morgan fingerprint density at radius 1 is 1.11 bits per heavy atom. The Balaban J connectivity index is 1.36. The molecular formula is C21H22N2O4S. The molecule has 0 fully saturated rings. The van der Waals surface area contributed by atoms with E-state index in [1.54, 1.807) is 12.1 Å². The Morgan fingerprint density at radius 3 is 2.68 bits per heavy atom. The van der Waals surface area contributed by atoms with E-state index in [1.165, 1.54) is 11.3 Å². The second-order valence-electron chi connectivity index (χ2n) is 6.56. The number of benzene rings is 1. The van der Waals surface area contributed by atoms with E-state index in [0.29, 0.717) is 23.4 Å². The molecule has 3 rings (SSSR count). The van der Waals surface area contributed by atoms with Gasteiger partial charge in [-0.1, -0.05) is 24.3 Å². The molecule has 2 heterocycles. The van der Waals surface area contributed by atoms with Gasteiger partial charge in [0.05, 0.1) is 4.88 Å². The van der Waals surface area contributed by atoms with E-state index in [0.717, 1.165) is 5.39 Å². The summed E-state index contributed by atoms with van der Waals surface area (Å²) in [7, 11) is 0. The maximum atomic E-state index is 12.3. The van der Waals surface area contributed by atoms with E-state index in [2.05, 4.69) is 10.6 Å². The first-order chi connectivity index (χ1) is 13.5. The molecule has 1 unspecified atom stereocenters. The Bertz CT molecular complexity index is 929. The van der Waals surface area contributed by atoms with E-state index in [9.17, 15) is 14.4 Å². The van der Waals surface area contributed by atoms with Crippen molar-refractivity contribution in [3.05, 3.63) is 58.5 Å². The van der Waals surface area contributed by atoms with Crippen LogP contribution in [0.5, 0.6) is 0 Å². The SMILES string of the molecule is CC(CCNC(=O)CCC(=O)c1cccs1)NC(=O)c1cc2ccccc2o1. The normalized spacial score (nSPS) is 11.9. The minimum atomic E-state index is -0.281. The first-order valence-electron chi connectivity index (χ1n) is 9.16. The number of Topliss-reactive ketones (excluding diaryl/α,β-unsaturated/α-hetero) is 1. The summed E-state index contributed by atoms with van der Waals surface area (Å²) < 4.78 is 5.55. The molecule has 0 spiro atoms. The monoisotopic (exact) mass is 398 g/mol. The van der Waals surface area contributed by atoms with Gasteiger partial charge >= 0.3 is 0 Å². The van der Waals surface area contributed by atoms with E-state index < -0.39 is 0 Å². The fourth-order valence-corrected chi connectivity index (χ4v) is 3.46. The molecule has 1 aromatic carbocycles. The van der Waals surface area contributed by atoms with Crippen molar-refractivity contribution in [1.82, 2.24) is 10.6 Å². The van der Waals surface area contributed by atoms with Crippen molar-refractivity contribution in [3.8, 4) is 0 Å². The molecule has 146 valence electrons. The quantitative estimate of drug-likeness (QED) is 0.537. The number of ketones is 1. The Morgan fingerprint density at radius 2 is 1.93 bits per heavy atom. The molecule has 2 amide bonds. The number of thiophene rings is 1. The van der Waals surface area contributed by atoms with Crippen molar-refractivity contribution >= 4 is 39.9 Å². The molecule has 0 bridgehead atoms. The van der Waals surface area contributed by atoms with Gasteiger partial charge in [0.1, 0.15) is 5.58 Å². The zero-order valence-corrected chi connectivity index (χ0v) is 16.4. The van der Waals surface area contributed by atoms with E-state index in [-0.39, 0.29) is 42.2 Å². The lowest BCUT2D eigenvalue weighted by Crippen LogP contribution is -2.36. The maximum absolute atomic E-state index is 12.3. The number of carbonyl (C=O) groups excluding carboxylic acids is 3. The Labute approximate surface area is 166 Å². The third-order valence-corrected chi connectivity index (χ3v) is 5.21. The molecule has 0 saturated heterocycles. The van der Waals surface area contributed by atoms with E-state index >= 15 is 0 Å². The van der Waals surface area contributed by atoms with Gasteiger partial charge in [0.2, 0.25) is 5.91 Å². The number of fused-ring (bicyclic) bond motifs is 1. The molecule has 3 aromatic rings. The molecule has 0 aliphatic heterocycles. The summed E-state index contributed by atoms with van der Waals surface area (Å²) in [6.07, 6.45) is 0.942. The van der Waals surface area contributed by atoms with Crippen LogP contribution in [-0.4, -0.2) is 30.2 Å². The number of carbonyl (C=O) groups is 3. The summed E-state index contributed by atoms with van der Waals surface area (Å²) in [5.74, 6) is -0.196. The first kappa shape index (κ1) is 19.8. The maximum Gasteiger partial charge on any atom is 0.287 e. The molecule has 2 N–H and O–H groups in total. The summed E-state index contributed by atoms with van der Waals surface area (Å²) >= 11 is 1.38. The number of nitrogens with one attached hydrogen (secondary N) is 2. The van der Waals surface area contributed by atoms with Crippen LogP contribution in [0.2, 0.25) is 0 Å². The third-order valence-electron chi connectivity index (χ3n) is 4.30. The van der Waals surface area contributed by atoms with Gasteiger partial charge < -0.3 is 15.1 Å². The standard InChI is InChI=1S/C21H22N2O4S/c1-14(23-21(26)18-13-15-5-2-3-6-17(15)27-18)10-11-22-20(25)9-8-16(24)19-7-4-12-28-19/h2-7,12-14H,8-11H2,1H3,(H,22,25)(H,23,26). The second-order valence-corrected chi connectivity index (χ2v) is 7.51. The van der Waals surface area contributed by atoms with Crippen molar-refractivity contribution in [1.29, 1.82) is 0 Å². The lowest BCUT2D eigenvalue weighted by Gasteiger charge is -2.13. The Hall–Kier alpha value is -2.93. The lowest BCUT2D eigenvalue weighted by atomic mass is 10.2. The average molecular weight is 398 g/mol. The number of furan rings is 1. The van der Waals surface area contributed by atoms with Gasteiger partial charge in [-0.05, 0) is 36.9 Å². The van der Waals surface area contributed by atoms with Crippen molar-refractivity contribution in [2.45, 2.75) is 32.2 Å². The summed E-state index contributed by atoms with van der Waals surface area (Å²) in [5.41, 5.74) is 0.671. The lowest BCUT2D eigenvalue weighted by molar-refractivity contribution is -0.121. The van der Waals surface area contributed by atoms with Gasteiger partial charge in [0.15, 0.2) is 11.5 Å². The van der Waals surface area contributed by atoms with Crippen LogP contribution < -0.4 is 10.6 Å². The zero-order chi connectivity index (χ0) is 19.9. The van der Waals surface area contributed by atoms with Gasteiger partial charge in [-0.2, -0.15) is 0 Å². The van der Waals surface area contributed by atoms with Gasteiger partial charge in [-0.3, -0.25) is 14.4 Å².